The van der Waals surface area contributed by atoms with Gasteiger partial charge in [-0.15, -0.1) is 10.2 Å². The molecule has 7 nitrogen and oxygen atoms in total. The van der Waals surface area contributed by atoms with E-state index in [1.165, 1.54) is 18.4 Å². The Morgan fingerprint density at radius 1 is 1.07 bits per heavy atom. The number of hydrogen-bond donors (Lipinski definition) is 1. The maximum absolute atomic E-state index is 14.3. The van der Waals surface area contributed by atoms with Gasteiger partial charge in [0.2, 0.25) is 12.8 Å². The molecule has 152 valence electrons. The number of furan rings is 1. The zero-order valence-electron chi connectivity index (χ0n) is 15.1. The summed E-state index contributed by atoms with van der Waals surface area (Å²) in [5.74, 6) is -2.04. The van der Waals surface area contributed by atoms with Crippen LogP contribution in [0, 0.1) is 11.6 Å². The summed E-state index contributed by atoms with van der Waals surface area (Å²) in [7, 11) is 0. The van der Waals surface area contributed by atoms with Crippen molar-refractivity contribution in [2.75, 3.05) is 12.2 Å². The molecule has 0 aliphatic carbocycles. The highest BCUT2D eigenvalue weighted by atomic mass is 19.1. The van der Waals surface area contributed by atoms with Gasteiger partial charge in [0.15, 0.2) is 5.76 Å². The van der Waals surface area contributed by atoms with Crippen LogP contribution < -0.4 is 10.1 Å². The molecule has 30 heavy (non-hydrogen) atoms. The van der Waals surface area contributed by atoms with Crippen LogP contribution in [0.2, 0.25) is 0 Å². The van der Waals surface area contributed by atoms with Crippen molar-refractivity contribution in [1.29, 1.82) is 0 Å². The summed E-state index contributed by atoms with van der Waals surface area (Å²) in [6.07, 6.45) is 1.44. The Hall–Kier alpha value is -4.08. The van der Waals surface area contributed by atoms with Gasteiger partial charge in [0.05, 0.1) is 17.5 Å². The molecule has 10 heteroatoms. The molecule has 0 atom stereocenters. The number of carbonyl (C=O) groups excluding carboxylic acids is 1. The van der Waals surface area contributed by atoms with E-state index < -0.39 is 24.4 Å². The molecular weight excluding hydrogens is 403 g/mol. The first-order chi connectivity index (χ1) is 14.5. The Morgan fingerprint density at radius 3 is 2.67 bits per heavy atom. The number of nitrogens with one attached hydrogen (secondary N) is 1. The molecule has 2 heterocycles. The lowest BCUT2D eigenvalue weighted by molar-refractivity contribution is 0.101. The first kappa shape index (κ1) is 19.2. The molecule has 4 aromatic rings. The SMILES string of the molecule is O=C(Nc1cc(-c2nnc(-c3ccco3)o2)ccc1F)c1cc(F)ccc1OCF. The second-order valence-electron chi connectivity index (χ2n) is 5.93. The van der Waals surface area contributed by atoms with Gasteiger partial charge in [0.1, 0.15) is 17.4 Å². The van der Waals surface area contributed by atoms with E-state index in [2.05, 4.69) is 20.3 Å². The van der Waals surface area contributed by atoms with Crippen molar-refractivity contribution in [3.63, 3.8) is 0 Å². The number of amides is 1. The molecule has 2 aromatic carbocycles. The van der Waals surface area contributed by atoms with Crippen molar-refractivity contribution in [2.45, 2.75) is 0 Å². The van der Waals surface area contributed by atoms with Gasteiger partial charge in [-0.25, -0.2) is 13.2 Å². The molecule has 0 fully saturated rings. The van der Waals surface area contributed by atoms with Crippen LogP contribution in [0.5, 0.6) is 5.75 Å². The zero-order chi connectivity index (χ0) is 21.1. The first-order valence-electron chi connectivity index (χ1n) is 8.52. The van der Waals surface area contributed by atoms with E-state index in [-0.39, 0.29) is 28.8 Å². The topological polar surface area (TPSA) is 90.4 Å². The highest BCUT2D eigenvalue weighted by molar-refractivity contribution is 6.06. The largest absolute Gasteiger partial charge is 0.462 e. The Labute approximate surface area is 167 Å². The number of rotatable bonds is 6. The van der Waals surface area contributed by atoms with Crippen molar-refractivity contribution >= 4 is 11.6 Å². The number of ether oxygens (including phenoxy) is 1. The Kier molecular flexibility index (Phi) is 5.21. The lowest BCUT2D eigenvalue weighted by Gasteiger charge is -2.11. The van der Waals surface area contributed by atoms with Crippen molar-refractivity contribution < 1.29 is 31.5 Å². The smallest absolute Gasteiger partial charge is 0.283 e. The molecule has 4 rings (SSSR count). The van der Waals surface area contributed by atoms with E-state index in [1.54, 1.807) is 12.1 Å². The van der Waals surface area contributed by atoms with Gasteiger partial charge in [-0.3, -0.25) is 4.79 Å². The fourth-order valence-electron chi connectivity index (χ4n) is 2.65. The minimum Gasteiger partial charge on any atom is -0.462 e. The highest BCUT2D eigenvalue weighted by Gasteiger charge is 2.18. The third-order valence-electron chi connectivity index (χ3n) is 4.01. The average Bonchev–Trinajstić information content (AvgIpc) is 3.43. The fourth-order valence-corrected chi connectivity index (χ4v) is 2.65. The number of halogens is 3. The summed E-state index contributed by atoms with van der Waals surface area (Å²) in [5, 5.41) is 10.0. The number of hydrogen-bond acceptors (Lipinski definition) is 6. The molecule has 0 aliphatic rings. The standard InChI is InChI=1S/C20H12F3N3O4/c21-10-29-16-6-4-12(22)9-13(16)18(27)24-15-8-11(3-5-14(15)23)19-25-26-20(30-19)17-2-1-7-28-17/h1-9H,10H2,(H,24,27). The van der Waals surface area contributed by atoms with Crippen molar-refractivity contribution in [3.05, 3.63) is 72.0 Å². The number of alkyl halides is 1. The van der Waals surface area contributed by atoms with Crippen LogP contribution in [0.1, 0.15) is 10.4 Å². The van der Waals surface area contributed by atoms with E-state index in [9.17, 15) is 18.0 Å². The van der Waals surface area contributed by atoms with Crippen LogP contribution in [-0.2, 0) is 0 Å². The predicted octanol–water partition coefficient (Wildman–Crippen LogP) is 4.83. The van der Waals surface area contributed by atoms with Crippen LogP contribution in [-0.4, -0.2) is 23.0 Å². The van der Waals surface area contributed by atoms with E-state index in [0.29, 0.717) is 11.3 Å². The number of nitrogens with zero attached hydrogens (tertiary/aromatic N) is 2. The van der Waals surface area contributed by atoms with Gasteiger partial charge in [-0.2, -0.15) is 0 Å². The molecule has 0 spiro atoms. The predicted molar refractivity (Wildman–Crippen MR) is 98.4 cm³/mol. The summed E-state index contributed by atoms with van der Waals surface area (Å²) in [4.78, 5) is 12.5. The number of anilines is 1. The molecule has 0 saturated heterocycles. The fraction of sp³-hybridized carbons (Fsp3) is 0.0500. The molecule has 0 bridgehead atoms. The number of carbonyl (C=O) groups is 1. The van der Waals surface area contributed by atoms with Crippen molar-refractivity contribution in [1.82, 2.24) is 10.2 Å². The third kappa shape index (κ3) is 3.88. The van der Waals surface area contributed by atoms with Gasteiger partial charge in [-0.1, -0.05) is 0 Å². The molecule has 1 N–H and O–H groups in total. The summed E-state index contributed by atoms with van der Waals surface area (Å²) in [5.41, 5.74) is -0.211. The summed E-state index contributed by atoms with van der Waals surface area (Å²) in [6.45, 7) is -1.22. The number of aromatic nitrogens is 2. The highest BCUT2D eigenvalue weighted by Crippen LogP contribution is 2.28. The van der Waals surface area contributed by atoms with E-state index in [0.717, 1.165) is 24.3 Å². The Bertz CT molecular complexity index is 1190. The van der Waals surface area contributed by atoms with Crippen LogP contribution in [0.25, 0.3) is 23.1 Å². The maximum Gasteiger partial charge on any atom is 0.283 e. The van der Waals surface area contributed by atoms with Crippen LogP contribution in [0.3, 0.4) is 0 Å². The lowest BCUT2D eigenvalue weighted by atomic mass is 10.1. The second-order valence-corrected chi connectivity index (χ2v) is 5.93. The molecule has 0 radical (unpaired) electrons. The number of benzene rings is 2. The summed E-state index contributed by atoms with van der Waals surface area (Å²) in [6, 6.07) is 9.98. The first-order valence-corrected chi connectivity index (χ1v) is 8.52. The van der Waals surface area contributed by atoms with Crippen molar-refractivity contribution in [3.8, 4) is 28.9 Å². The summed E-state index contributed by atoms with van der Waals surface area (Å²) < 4.78 is 55.7. The maximum atomic E-state index is 14.3. The van der Waals surface area contributed by atoms with Gasteiger partial charge < -0.3 is 18.9 Å². The van der Waals surface area contributed by atoms with Gasteiger partial charge >= 0.3 is 0 Å². The molecular formula is C20H12F3N3O4. The third-order valence-corrected chi connectivity index (χ3v) is 4.01. The quantitative estimate of drug-likeness (QED) is 0.485. The monoisotopic (exact) mass is 415 g/mol. The molecule has 0 aliphatic heterocycles. The average molecular weight is 415 g/mol. The van der Waals surface area contributed by atoms with Crippen LogP contribution in [0.4, 0.5) is 18.9 Å². The minimum absolute atomic E-state index is 0.0594. The Balaban J connectivity index is 1.62. The molecule has 0 unspecified atom stereocenters. The van der Waals surface area contributed by atoms with E-state index in [1.807, 2.05) is 0 Å². The van der Waals surface area contributed by atoms with E-state index >= 15 is 0 Å². The minimum atomic E-state index is -1.22. The second kappa shape index (κ2) is 8.11. The lowest BCUT2D eigenvalue weighted by Crippen LogP contribution is -2.15. The molecule has 2 aromatic heterocycles. The molecule has 1 amide bonds. The van der Waals surface area contributed by atoms with Crippen molar-refractivity contribution in [2.24, 2.45) is 0 Å². The molecule has 0 saturated carbocycles. The summed E-state index contributed by atoms with van der Waals surface area (Å²) >= 11 is 0. The normalized spacial score (nSPS) is 10.8. The Morgan fingerprint density at radius 2 is 1.90 bits per heavy atom. The van der Waals surface area contributed by atoms with Crippen LogP contribution in [0.15, 0.2) is 63.6 Å². The van der Waals surface area contributed by atoms with Gasteiger partial charge in [-0.05, 0) is 48.5 Å². The zero-order valence-corrected chi connectivity index (χ0v) is 15.1. The van der Waals surface area contributed by atoms with Gasteiger partial charge in [0, 0.05) is 5.56 Å². The van der Waals surface area contributed by atoms with E-state index in [4.69, 9.17) is 8.83 Å². The van der Waals surface area contributed by atoms with Crippen LogP contribution >= 0.6 is 0 Å². The van der Waals surface area contributed by atoms with Gasteiger partial charge in [0.25, 0.3) is 11.8 Å².